The van der Waals surface area contributed by atoms with Gasteiger partial charge >= 0.3 is 11.9 Å². The molecule has 4 saturated carbocycles. The van der Waals surface area contributed by atoms with Crippen LogP contribution >= 0.6 is 0 Å². The van der Waals surface area contributed by atoms with Crippen LogP contribution in [0, 0.1) is 50.7 Å². The number of hydrogen-bond donors (Lipinski definition) is 3. The van der Waals surface area contributed by atoms with E-state index in [-0.39, 0.29) is 69.5 Å². The number of Topliss-reactive ketones (excluding diaryl/α,β-unsaturated/α-hetero) is 1. The fourth-order valence-corrected chi connectivity index (χ4v) is 12.4. The minimum atomic E-state index is -1.18. The molecule has 0 bridgehead atoms. The number of aromatic nitrogens is 1. The van der Waals surface area contributed by atoms with Crippen molar-refractivity contribution in [2.45, 2.75) is 138 Å². The van der Waals surface area contributed by atoms with E-state index in [0.717, 1.165) is 56.1 Å². The number of rotatable bonds is 7. The first-order chi connectivity index (χ1) is 23.1. The van der Waals surface area contributed by atoms with Crippen LogP contribution in [0.15, 0.2) is 29.6 Å². The normalized spacial score (nSPS) is 37.7. The van der Waals surface area contributed by atoms with Crippen LogP contribution in [0.2, 0.25) is 0 Å². The largest absolute Gasteiger partial charge is 0.507 e. The molecule has 6 rings (SSSR count). The molecule has 8 atom stereocenters. The highest BCUT2D eigenvalue weighted by atomic mass is 16.5. The van der Waals surface area contributed by atoms with E-state index in [1.54, 1.807) is 13.8 Å². The minimum Gasteiger partial charge on any atom is -0.507 e. The lowest BCUT2D eigenvalue weighted by atomic mass is 9.33. The van der Waals surface area contributed by atoms with E-state index in [9.17, 15) is 29.4 Å². The number of pyridine rings is 1. The number of ether oxygens (including phenoxy) is 1. The molecule has 5 aliphatic carbocycles. The average molecular weight is 691 g/mol. The number of nitrogens with zero attached hydrogens (tertiary/aromatic N) is 1. The Morgan fingerprint density at radius 2 is 1.68 bits per heavy atom. The lowest BCUT2D eigenvalue weighted by Crippen LogP contribution is -2.67. The fourth-order valence-electron chi connectivity index (χ4n) is 12.4. The summed E-state index contributed by atoms with van der Waals surface area (Å²) in [5.74, 6) is -0.892. The minimum absolute atomic E-state index is 0.00914. The van der Waals surface area contributed by atoms with Crippen molar-refractivity contribution in [1.29, 1.82) is 0 Å². The van der Waals surface area contributed by atoms with Crippen LogP contribution in [0.5, 0.6) is 5.75 Å². The second-order valence-corrected chi connectivity index (χ2v) is 18.8. The van der Waals surface area contributed by atoms with Crippen LogP contribution in [0.3, 0.4) is 0 Å². The molecule has 4 fully saturated rings. The molecule has 3 N–H and O–H groups in total. The second-order valence-electron chi connectivity index (χ2n) is 18.8. The third kappa shape index (κ3) is 5.25. The predicted octanol–water partition coefficient (Wildman–Crippen LogP) is 7.66. The summed E-state index contributed by atoms with van der Waals surface area (Å²) in [6, 6.07) is 1.42. The number of ketones is 1. The zero-order chi connectivity index (χ0) is 36.8. The maximum Gasteiger partial charge on any atom is 0.309 e. The quantitative estimate of drug-likeness (QED) is 0.248. The van der Waals surface area contributed by atoms with Crippen molar-refractivity contribution in [1.82, 2.24) is 10.3 Å². The first-order valence-electron chi connectivity index (χ1n) is 18.8. The van der Waals surface area contributed by atoms with Gasteiger partial charge in [0.15, 0.2) is 5.78 Å². The number of aromatic hydroxyl groups is 1. The molecule has 0 unspecified atom stereocenters. The molecule has 9 heteroatoms. The number of amides is 1. The van der Waals surface area contributed by atoms with Crippen LogP contribution in [0.4, 0.5) is 0 Å². The summed E-state index contributed by atoms with van der Waals surface area (Å²) in [5.41, 5.74) is -0.168. The van der Waals surface area contributed by atoms with Crippen molar-refractivity contribution in [3.63, 3.8) is 0 Å². The van der Waals surface area contributed by atoms with Gasteiger partial charge in [0.05, 0.1) is 22.9 Å². The van der Waals surface area contributed by atoms with Crippen molar-refractivity contribution >= 4 is 23.6 Å². The molecular weight excluding hydrogens is 632 g/mol. The number of aliphatic carboxylic acids is 1. The number of carboxylic acid groups (broad SMARTS) is 1. The third-order valence-corrected chi connectivity index (χ3v) is 15.2. The molecule has 274 valence electrons. The SMILES string of the molecule is CC(C)C1=C2[C@H]3CC[C@@H]4[C@@]5(C)CC[C@H](OC(=O)CC(C)(C)C(=O)O)C(C)(C)[C@@H]5CC[C@@]4(C)[C@]3(C)CC[C@@]2(NC(=O)c2cnccc2O)CC1=O. The van der Waals surface area contributed by atoms with Crippen molar-refractivity contribution in [2.24, 2.45) is 50.7 Å². The molecular formula is C41H58N2O7. The second kappa shape index (κ2) is 11.9. The van der Waals surface area contributed by atoms with Crippen molar-refractivity contribution in [2.75, 3.05) is 0 Å². The number of carboxylic acids is 1. The van der Waals surface area contributed by atoms with Gasteiger partial charge < -0.3 is 20.3 Å². The van der Waals surface area contributed by atoms with Crippen molar-refractivity contribution in [3.05, 3.63) is 35.2 Å². The van der Waals surface area contributed by atoms with E-state index in [4.69, 9.17) is 4.74 Å². The topological polar surface area (TPSA) is 143 Å². The number of hydrogen-bond acceptors (Lipinski definition) is 7. The van der Waals surface area contributed by atoms with E-state index < -0.39 is 28.8 Å². The van der Waals surface area contributed by atoms with Crippen molar-refractivity contribution < 1.29 is 34.1 Å². The summed E-state index contributed by atoms with van der Waals surface area (Å²) < 4.78 is 6.13. The van der Waals surface area contributed by atoms with E-state index in [1.807, 2.05) is 0 Å². The summed E-state index contributed by atoms with van der Waals surface area (Å²) in [7, 11) is 0. The average Bonchev–Trinajstić information content (AvgIpc) is 3.30. The summed E-state index contributed by atoms with van der Waals surface area (Å²) in [6.45, 7) is 19.2. The Bertz CT molecular complexity index is 1640. The maximum atomic E-state index is 13.9. The Hall–Kier alpha value is -3.23. The Labute approximate surface area is 297 Å². The Morgan fingerprint density at radius 3 is 2.32 bits per heavy atom. The van der Waals surface area contributed by atoms with Gasteiger partial charge in [-0.15, -0.1) is 0 Å². The lowest BCUT2D eigenvalue weighted by Gasteiger charge is -2.72. The maximum absolute atomic E-state index is 13.9. The highest BCUT2D eigenvalue weighted by Gasteiger charge is 2.70. The van der Waals surface area contributed by atoms with Gasteiger partial charge in [0.25, 0.3) is 5.91 Å². The Balaban J connectivity index is 1.31. The smallest absolute Gasteiger partial charge is 0.309 e. The number of esters is 1. The molecule has 50 heavy (non-hydrogen) atoms. The molecule has 5 aliphatic rings. The van der Waals surface area contributed by atoms with Gasteiger partial charge in [-0.1, -0.05) is 48.5 Å². The summed E-state index contributed by atoms with van der Waals surface area (Å²) >= 11 is 0. The fraction of sp³-hybridized carbons (Fsp3) is 0.732. The number of fused-ring (bicyclic) bond motifs is 7. The molecule has 0 spiro atoms. The number of carbonyl (C=O) groups is 4. The van der Waals surface area contributed by atoms with E-state index in [1.165, 1.54) is 18.5 Å². The van der Waals surface area contributed by atoms with E-state index in [2.05, 4.69) is 58.8 Å². The molecule has 0 radical (unpaired) electrons. The highest BCUT2D eigenvalue weighted by molar-refractivity contribution is 6.04. The first kappa shape index (κ1) is 36.6. The van der Waals surface area contributed by atoms with Crippen LogP contribution in [0.1, 0.15) is 137 Å². The van der Waals surface area contributed by atoms with E-state index in [0.29, 0.717) is 18.3 Å². The Kier molecular flexibility index (Phi) is 8.71. The molecule has 1 heterocycles. The highest BCUT2D eigenvalue weighted by Crippen LogP contribution is 2.76. The molecule has 0 saturated heterocycles. The van der Waals surface area contributed by atoms with Gasteiger partial charge in [0, 0.05) is 24.2 Å². The molecule has 0 aromatic carbocycles. The van der Waals surface area contributed by atoms with Gasteiger partial charge in [0.1, 0.15) is 11.9 Å². The molecule has 1 amide bonds. The van der Waals surface area contributed by atoms with Gasteiger partial charge in [-0.3, -0.25) is 24.2 Å². The standard InChI is InChI=1S/C41H58N2O7/c1-23(2)32-27(45)20-41(43-34(47)24-22-42-19-14-26(24)44)18-17-39(8)25(33(32)41)10-11-29-38(7)15-13-30(50-31(46)21-36(3,4)35(48)49)37(5,6)28(38)12-16-40(29,39)9/h14,19,22-23,25,28-30H,10-13,15-18,20-21H2,1-9H3,(H,42,44)(H,43,47)(H,48,49)/t25-,28+,29-,30+,38+,39-,40-,41-/m1/s1. The van der Waals surface area contributed by atoms with Crippen LogP contribution in [0.25, 0.3) is 0 Å². The molecule has 1 aromatic heterocycles. The zero-order valence-electron chi connectivity index (χ0n) is 31.6. The van der Waals surface area contributed by atoms with Crippen LogP contribution in [-0.2, 0) is 19.1 Å². The Morgan fingerprint density at radius 1 is 0.980 bits per heavy atom. The number of nitrogens with one attached hydrogen (secondary N) is 1. The first-order valence-corrected chi connectivity index (χ1v) is 18.8. The van der Waals surface area contributed by atoms with Crippen LogP contribution in [-0.4, -0.2) is 50.5 Å². The van der Waals surface area contributed by atoms with Gasteiger partial charge in [-0.05, 0) is 122 Å². The summed E-state index contributed by atoms with van der Waals surface area (Å²) in [5, 5.41) is 23.4. The zero-order valence-corrected chi connectivity index (χ0v) is 31.6. The summed E-state index contributed by atoms with van der Waals surface area (Å²) in [4.78, 5) is 56.5. The number of carbonyl (C=O) groups excluding carboxylic acids is 3. The van der Waals surface area contributed by atoms with Crippen LogP contribution < -0.4 is 5.32 Å². The monoisotopic (exact) mass is 690 g/mol. The number of allylic oxidation sites excluding steroid dienone is 1. The van der Waals surface area contributed by atoms with Gasteiger partial charge in [0.2, 0.25) is 0 Å². The van der Waals surface area contributed by atoms with Crippen molar-refractivity contribution in [3.8, 4) is 5.75 Å². The molecule has 0 aliphatic heterocycles. The van der Waals surface area contributed by atoms with Gasteiger partial charge in [-0.25, -0.2) is 0 Å². The molecule has 1 aromatic rings. The van der Waals surface area contributed by atoms with E-state index >= 15 is 0 Å². The predicted molar refractivity (Wildman–Crippen MR) is 189 cm³/mol. The van der Waals surface area contributed by atoms with Gasteiger partial charge in [-0.2, -0.15) is 0 Å². The lowest BCUT2D eigenvalue weighted by molar-refractivity contribution is -0.232. The summed E-state index contributed by atoms with van der Waals surface area (Å²) in [6.07, 6.45) is 9.92. The third-order valence-electron chi connectivity index (χ3n) is 15.2. The molecule has 9 nitrogen and oxygen atoms in total.